The van der Waals surface area contributed by atoms with Gasteiger partial charge in [-0.05, 0) is 24.3 Å². The van der Waals surface area contributed by atoms with Gasteiger partial charge in [-0.3, -0.25) is 4.98 Å². The topological polar surface area (TPSA) is 65.4 Å². The van der Waals surface area contributed by atoms with Crippen LogP contribution in [0, 0.1) is 0 Å². The summed E-state index contributed by atoms with van der Waals surface area (Å²) in [7, 11) is 0. The van der Waals surface area contributed by atoms with Crippen LogP contribution >= 0.6 is 0 Å². The Morgan fingerprint density at radius 1 is 1.05 bits per heavy atom. The lowest BCUT2D eigenvalue weighted by Crippen LogP contribution is -2.00. The van der Waals surface area contributed by atoms with Crippen LogP contribution in [0.5, 0.6) is 11.5 Å². The summed E-state index contributed by atoms with van der Waals surface area (Å²) in [6.07, 6.45) is 3.57. The maximum absolute atomic E-state index is 9.77. The lowest BCUT2D eigenvalue weighted by molar-refractivity contribution is 0.446. The number of hydrogen-bond donors (Lipinski definition) is 3. The molecule has 0 radical (unpaired) electrons. The van der Waals surface area contributed by atoms with E-state index in [0.29, 0.717) is 6.54 Å². The van der Waals surface area contributed by atoms with Crippen molar-refractivity contribution in [1.29, 1.82) is 0 Å². The molecule has 3 N–H and O–H groups in total. The van der Waals surface area contributed by atoms with Crippen LogP contribution in [0.3, 0.4) is 0 Å². The maximum Gasteiger partial charge on any atom is 0.124 e. The summed E-state index contributed by atoms with van der Waals surface area (Å²) in [5, 5.41) is 24.5. The molecule has 0 unspecified atom stereocenters. The number of phenols is 2. The molecule has 4 nitrogen and oxygen atoms in total. The molecule has 4 heteroatoms. The molecule has 20 heavy (non-hydrogen) atoms. The standard InChI is InChI=1S/C16H14N2O2/c19-13-5-4-12(16(20)8-13)10-18-15-3-1-2-11-9-17-7-6-14(11)15/h1-9,18-20H,10H2. The van der Waals surface area contributed by atoms with Crippen LogP contribution in [0.2, 0.25) is 0 Å². The minimum atomic E-state index is 0.0579. The van der Waals surface area contributed by atoms with Gasteiger partial charge in [-0.25, -0.2) is 0 Å². The molecule has 0 aliphatic rings. The zero-order valence-electron chi connectivity index (χ0n) is 10.7. The maximum atomic E-state index is 9.77. The molecule has 3 rings (SSSR count). The minimum absolute atomic E-state index is 0.0579. The van der Waals surface area contributed by atoms with Gasteiger partial charge in [0.25, 0.3) is 0 Å². The molecule has 0 saturated carbocycles. The van der Waals surface area contributed by atoms with Gasteiger partial charge in [0.2, 0.25) is 0 Å². The van der Waals surface area contributed by atoms with Crippen molar-refractivity contribution in [3.63, 3.8) is 0 Å². The Morgan fingerprint density at radius 3 is 2.80 bits per heavy atom. The summed E-state index contributed by atoms with van der Waals surface area (Å²) >= 11 is 0. The SMILES string of the molecule is Oc1ccc(CNc2cccc3cnccc23)c(O)c1. The highest BCUT2D eigenvalue weighted by Gasteiger charge is 2.04. The van der Waals surface area contributed by atoms with Crippen molar-refractivity contribution < 1.29 is 10.2 Å². The van der Waals surface area contributed by atoms with Gasteiger partial charge in [-0.15, -0.1) is 0 Å². The number of anilines is 1. The van der Waals surface area contributed by atoms with Gasteiger partial charge in [0, 0.05) is 47.0 Å². The summed E-state index contributed by atoms with van der Waals surface area (Å²) in [6.45, 7) is 0.480. The van der Waals surface area contributed by atoms with Crippen molar-refractivity contribution >= 4 is 16.5 Å². The third kappa shape index (κ3) is 2.36. The van der Waals surface area contributed by atoms with Gasteiger partial charge < -0.3 is 15.5 Å². The molecule has 100 valence electrons. The van der Waals surface area contributed by atoms with E-state index in [0.717, 1.165) is 22.0 Å². The van der Waals surface area contributed by atoms with E-state index < -0.39 is 0 Å². The number of nitrogens with zero attached hydrogens (tertiary/aromatic N) is 1. The van der Waals surface area contributed by atoms with Crippen molar-refractivity contribution in [3.8, 4) is 11.5 Å². The second-order valence-electron chi connectivity index (χ2n) is 4.57. The lowest BCUT2D eigenvalue weighted by atomic mass is 10.1. The fourth-order valence-electron chi connectivity index (χ4n) is 2.17. The number of fused-ring (bicyclic) bond motifs is 1. The van der Waals surface area contributed by atoms with Crippen LogP contribution in [0.25, 0.3) is 10.8 Å². The number of aromatic hydroxyl groups is 2. The molecule has 1 aromatic heterocycles. The molecule has 0 aliphatic carbocycles. The molecular formula is C16H14N2O2. The smallest absolute Gasteiger partial charge is 0.124 e. The van der Waals surface area contributed by atoms with E-state index in [1.807, 2.05) is 30.5 Å². The Balaban J connectivity index is 1.87. The van der Waals surface area contributed by atoms with Crippen molar-refractivity contribution in [2.24, 2.45) is 0 Å². The molecular weight excluding hydrogens is 252 g/mol. The summed E-state index contributed by atoms with van der Waals surface area (Å²) in [5.41, 5.74) is 1.71. The second-order valence-corrected chi connectivity index (χ2v) is 4.57. The van der Waals surface area contributed by atoms with Crippen molar-refractivity contribution in [3.05, 3.63) is 60.4 Å². The Labute approximate surface area is 116 Å². The molecule has 0 spiro atoms. The average Bonchev–Trinajstić information content (AvgIpc) is 2.46. The molecule has 3 aromatic rings. The molecule has 0 atom stereocenters. The molecule has 2 aromatic carbocycles. The monoisotopic (exact) mass is 266 g/mol. The molecule has 1 heterocycles. The third-order valence-corrected chi connectivity index (χ3v) is 3.22. The van der Waals surface area contributed by atoms with Gasteiger partial charge in [0.1, 0.15) is 11.5 Å². The van der Waals surface area contributed by atoms with Crippen LogP contribution in [-0.2, 0) is 6.54 Å². The second kappa shape index (κ2) is 5.09. The number of rotatable bonds is 3. The van der Waals surface area contributed by atoms with Gasteiger partial charge in [-0.1, -0.05) is 12.1 Å². The van der Waals surface area contributed by atoms with Crippen molar-refractivity contribution in [1.82, 2.24) is 4.98 Å². The van der Waals surface area contributed by atoms with Crippen LogP contribution in [-0.4, -0.2) is 15.2 Å². The number of aromatic nitrogens is 1. The quantitative estimate of drug-likeness (QED) is 0.680. The molecule has 0 saturated heterocycles. The summed E-state index contributed by atoms with van der Waals surface area (Å²) in [5.74, 6) is 0.141. The predicted octanol–water partition coefficient (Wildman–Crippen LogP) is 3.26. The van der Waals surface area contributed by atoms with Crippen molar-refractivity contribution in [2.45, 2.75) is 6.54 Å². The van der Waals surface area contributed by atoms with E-state index in [9.17, 15) is 10.2 Å². The first-order valence-electron chi connectivity index (χ1n) is 6.31. The van der Waals surface area contributed by atoms with E-state index >= 15 is 0 Å². The summed E-state index contributed by atoms with van der Waals surface area (Å²) < 4.78 is 0. The molecule has 0 aliphatic heterocycles. The zero-order chi connectivity index (χ0) is 13.9. The fourth-order valence-corrected chi connectivity index (χ4v) is 2.17. The molecule has 0 fully saturated rings. The number of phenolic OH excluding ortho intramolecular Hbond substituents is 2. The van der Waals surface area contributed by atoms with Gasteiger partial charge in [-0.2, -0.15) is 0 Å². The van der Waals surface area contributed by atoms with Gasteiger partial charge >= 0.3 is 0 Å². The summed E-state index contributed by atoms with van der Waals surface area (Å²) in [4.78, 5) is 4.10. The average molecular weight is 266 g/mol. The Bertz CT molecular complexity index is 751. The minimum Gasteiger partial charge on any atom is -0.508 e. The Morgan fingerprint density at radius 2 is 1.95 bits per heavy atom. The van der Waals surface area contributed by atoms with E-state index in [2.05, 4.69) is 10.3 Å². The summed E-state index contributed by atoms with van der Waals surface area (Å²) in [6, 6.07) is 12.5. The van der Waals surface area contributed by atoms with Crippen LogP contribution in [0.4, 0.5) is 5.69 Å². The number of nitrogens with one attached hydrogen (secondary N) is 1. The third-order valence-electron chi connectivity index (χ3n) is 3.22. The molecule has 0 amide bonds. The van der Waals surface area contributed by atoms with E-state index in [1.54, 1.807) is 18.3 Å². The highest BCUT2D eigenvalue weighted by molar-refractivity contribution is 5.93. The highest BCUT2D eigenvalue weighted by Crippen LogP contribution is 2.26. The van der Waals surface area contributed by atoms with Gasteiger partial charge in [0.15, 0.2) is 0 Å². The largest absolute Gasteiger partial charge is 0.508 e. The first-order valence-corrected chi connectivity index (χ1v) is 6.31. The first-order chi connectivity index (χ1) is 9.74. The lowest BCUT2D eigenvalue weighted by Gasteiger charge is -2.11. The van der Waals surface area contributed by atoms with E-state index in [-0.39, 0.29) is 11.5 Å². The number of hydrogen-bond acceptors (Lipinski definition) is 4. The number of benzene rings is 2. The van der Waals surface area contributed by atoms with Crippen LogP contribution < -0.4 is 5.32 Å². The number of pyridine rings is 1. The molecule has 0 bridgehead atoms. The van der Waals surface area contributed by atoms with Crippen molar-refractivity contribution in [2.75, 3.05) is 5.32 Å². The Kier molecular flexibility index (Phi) is 3.13. The van der Waals surface area contributed by atoms with E-state index in [4.69, 9.17) is 0 Å². The highest BCUT2D eigenvalue weighted by atomic mass is 16.3. The van der Waals surface area contributed by atoms with E-state index in [1.165, 1.54) is 6.07 Å². The normalized spacial score (nSPS) is 10.6. The predicted molar refractivity (Wildman–Crippen MR) is 78.8 cm³/mol. The van der Waals surface area contributed by atoms with Crippen LogP contribution in [0.15, 0.2) is 54.9 Å². The zero-order valence-corrected chi connectivity index (χ0v) is 10.7. The fraction of sp³-hybridized carbons (Fsp3) is 0.0625. The first kappa shape index (κ1) is 12.3. The Hall–Kier alpha value is -2.75. The van der Waals surface area contributed by atoms with Crippen LogP contribution in [0.1, 0.15) is 5.56 Å². The van der Waals surface area contributed by atoms with Gasteiger partial charge in [0.05, 0.1) is 0 Å².